The van der Waals surface area contributed by atoms with Gasteiger partial charge in [-0.3, -0.25) is 4.79 Å². The van der Waals surface area contributed by atoms with E-state index in [0.717, 1.165) is 25.7 Å². The molecule has 3 N–H and O–H groups in total. The van der Waals surface area contributed by atoms with Crippen molar-refractivity contribution in [3.63, 3.8) is 0 Å². The number of aryl methyl sites for hydroxylation is 2. The van der Waals surface area contributed by atoms with Crippen LogP contribution in [0.25, 0.3) is 0 Å². The van der Waals surface area contributed by atoms with Crippen molar-refractivity contribution in [2.24, 2.45) is 11.7 Å². The van der Waals surface area contributed by atoms with Crippen LogP contribution in [-0.4, -0.2) is 11.9 Å². The molecule has 0 bridgehead atoms. The number of nitrogens with one attached hydrogen (secondary N) is 1. The largest absolute Gasteiger partial charge is 0.369 e. The smallest absolute Gasteiger partial charge is 0.220 e. The zero-order valence-electron chi connectivity index (χ0n) is 12.8. The second kappa shape index (κ2) is 6.40. The molecule has 0 spiro atoms. The van der Waals surface area contributed by atoms with Gasteiger partial charge in [-0.2, -0.15) is 0 Å². The lowest BCUT2D eigenvalue weighted by Gasteiger charge is -2.30. The zero-order valence-corrected chi connectivity index (χ0v) is 12.8. The maximum absolute atomic E-state index is 11.2. The molecule has 1 amide bonds. The lowest BCUT2D eigenvalue weighted by molar-refractivity contribution is -0.122. The Morgan fingerprint density at radius 2 is 1.70 bits per heavy atom. The molecular weight excluding hydrogens is 248 g/mol. The van der Waals surface area contributed by atoms with Gasteiger partial charge in [0.05, 0.1) is 0 Å². The van der Waals surface area contributed by atoms with Crippen LogP contribution in [0.2, 0.25) is 0 Å². The van der Waals surface area contributed by atoms with Crippen molar-refractivity contribution in [1.29, 1.82) is 0 Å². The van der Waals surface area contributed by atoms with Gasteiger partial charge in [-0.25, -0.2) is 0 Å². The number of hydrogen-bond acceptors (Lipinski definition) is 2. The van der Waals surface area contributed by atoms with Gasteiger partial charge in [0.2, 0.25) is 5.91 Å². The van der Waals surface area contributed by atoms with Gasteiger partial charge < -0.3 is 11.1 Å². The highest BCUT2D eigenvalue weighted by Crippen LogP contribution is 2.26. The zero-order chi connectivity index (χ0) is 14.7. The average Bonchev–Trinajstić information content (AvgIpc) is 2.38. The predicted molar refractivity (Wildman–Crippen MR) is 82.4 cm³/mol. The van der Waals surface area contributed by atoms with Crippen LogP contribution in [0.5, 0.6) is 0 Å². The highest BCUT2D eigenvalue weighted by Gasteiger charge is 2.25. The maximum atomic E-state index is 11.2. The van der Waals surface area contributed by atoms with Crippen molar-refractivity contribution in [2.75, 3.05) is 0 Å². The first-order valence-corrected chi connectivity index (χ1v) is 7.59. The molecule has 1 unspecified atom stereocenters. The first-order valence-electron chi connectivity index (χ1n) is 7.59. The Hall–Kier alpha value is -1.35. The summed E-state index contributed by atoms with van der Waals surface area (Å²) in [5, 5.41) is 3.70. The Morgan fingerprint density at radius 1 is 1.15 bits per heavy atom. The molecule has 0 aromatic heterocycles. The third kappa shape index (κ3) is 3.83. The van der Waals surface area contributed by atoms with Gasteiger partial charge in [0, 0.05) is 18.0 Å². The summed E-state index contributed by atoms with van der Waals surface area (Å²) in [6.45, 7) is 6.50. The van der Waals surface area contributed by atoms with Gasteiger partial charge in [0.25, 0.3) is 0 Å². The summed E-state index contributed by atoms with van der Waals surface area (Å²) in [6.07, 6.45) is 3.94. The molecule has 110 valence electrons. The van der Waals surface area contributed by atoms with Gasteiger partial charge >= 0.3 is 0 Å². The van der Waals surface area contributed by atoms with E-state index in [1.165, 1.54) is 16.7 Å². The average molecular weight is 274 g/mol. The van der Waals surface area contributed by atoms with E-state index < -0.39 is 0 Å². The van der Waals surface area contributed by atoms with Crippen LogP contribution in [-0.2, 0) is 4.79 Å². The molecule has 1 atom stereocenters. The first kappa shape index (κ1) is 15.0. The number of benzene rings is 1. The number of hydrogen-bond donors (Lipinski definition) is 2. The molecule has 2 rings (SSSR count). The van der Waals surface area contributed by atoms with E-state index in [9.17, 15) is 4.79 Å². The molecule has 0 aliphatic heterocycles. The van der Waals surface area contributed by atoms with Crippen LogP contribution in [0.4, 0.5) is 0 Å². The van der Waals surface area contributed by atoms with Crippen molar-refractivity contribution in [3.8, 4) is 0 Å². The Morgan fingerprint density at radius 3 is 2.20 bits per heavy atom. The Bertz CT molecular complexity index is 456. The fourth-order valence-corrected chi connectivity index (χ4v) is 3.25. The molecule has 0 heterocycles. The minimum Gasteiger partial charge on any atom is -0.369 e. The van der Waals surface area contributed by atoms with Gasteiger partial charge in [0.15, 0.2) is 0 Å². The van der Waals surface area contributed by atoms with Crippen molar-refractivity contribution in [3.05, 3.63) is 34.9 Å². The Balaban J connectivity index is 1.92. The summed E-state index contributed by atoms with van der Waals surface area (Å²) in [4.78, 5) is 11.2. The fourth-order valence-electron chi connectivity index (χ4n) is 3.25. The highest BCUT2D eigenvalue weighted by molar-refractivity contribution is 5.76. The molecular formula is C17H26N2O. The van der Waals surface area contributed by atoms with Crippen molar-refractivity contribution in [1.82, 2.24) is 5.32 Å². The normalized spacial score (nSPS) is 24.4. The van der Waals surface area contributed by atoms with E-state index in [1.807, 2.05) is 0 Å². The van der Waals surface area contributed by atoms with Crippen LogP contribution < -0.4 is 11.1 Å². The quantitative estimate of drug-likeness (QED) is 0.886. The van der Waals surface area contributed by atoms with E-state index in [4.69, 9.17) is 5.73 Å². The van der Waals surface area contributed by atoms with E-state index >= 15 is 0 Å². The van der Waals surface area contributed by atoms with Gasteiger partial charge in [-0.15, -0.1) is 0 Å². The minimum atomic E-state index is -0.134. The SMILES string of the molecule is Cc1cc(C)cc(C(C)NC2CCC(C(N)=O)CC2)c1. The fraction of sp³-hybridized carbons (Fsp3) is 0.588. The summed E-state index contributed by atoms with van der Waals surface area (Å²) in [5.74, 6) is -0.0459. The number of primary amides is 1. The topological polar surface area (TPSA) is 55.1 Å². The molecule has 3 nitrogen and oxygen atoms in total. The third-order valence-corrected chi connectivity index (χ3v) is 4.36. The van der Waals surface area contributed by atoms with E-state index in [-0.39, 0.29) is 11.8 Å². The molecule has 1 fully saturated rings. The second-order valence-electron chi connectivity index (χ2n) is 6.26. The Labute approximate surface area is 121 Å². The van der Waals surface area contributed by atoms with Crippen molar-refractivity contribution >= 4 is 5.91 Å². The predicted octanol–water partition coefficient (Wildman–Crippen LogP) is 3.00. The molecule has 20 heavy (non-hydrogen) atoms. The lowest BCUT2D eigenvalue weighted by Crippen LogP contribution is -2.37. The van der Waals surface area contributed by atoms with Gasteiger partial charge in [-0.1, -0.05) is 29.3 Å². The monoisotopic (exact) mass is 274 g/mol. The molecule has 1 saturated carbocycles. The molecule has 0 radical (unpaired) electrons. The summed E-state index contributed by atoms with van der Waals surface area (Å²) in [7, 11) is 0. The molecule has 1 aromatic carbocycles. The van der Waals surface area contributed by atoms with Crippen LogP contribution in [0.15, 0.2) is 18.2 Å². The van der Waals surface area contributed by atoms with Gasteiger partial charge in [-0.05, 0) is 52.0 Å². The van der Waals surface area contributed by atoms with Crippen molar-refractivity contribution < 1.29 is 4.79 Å². The van der Waals surface area contributed by atoms with Gasteiger partial charge in [0.1, 0.15) is 0 Å². The standard InChI is InChI=1S/C17H26N2O/c1-11-8-12(2)10-15(9-11)13(3)19-16-6-4-14(5-7-16)17(18)20/h8-10,13-14,16,19H,4-7H2,1-3H3,(H2,18,20). The van der Waals surface area contributed by atoms with E-state index in [2.05, 4.69) is 44.3 Å². The maximum Gasteiger partial charge on any atom is 0.220 e. The molecule has 1 aliphatic rings. The summed E-state index contributed by atoms with van der Waals surface area (Å²) in [5.41, 5.74) is 9.35. The number of rotatable bonds is 4. The Kier molecular flexibility index (Phi) is 4.81. The highest BCUT2D eigenvalue weighted by atomic mass is 16.1. The second-order valence-corrected chi connectivity index (χ2v) is 6.26. The summed E-state index contributed by atoms with van der Waals surface area (Å²) in [6, 6.07) is 7.55. The lowest BCUT2D eigenvalue weighted by atomic mass is 9.85. The minimum absolute atomic E-state index is 0.0876. The molecule has 1 aliphatic carbocycles. The van der Waals surface area contributed by atoms with Crippen molar-refractivity contribution in [2.45, 2.75) is 58.5 Å². The molecule has 3 heteroatoms. The van der Waals surface area contributed by atoms with E-state index in [0.29, 0.717) is 12.1 Å². The summed E-state index contributed by atoms with van der Waals surface area (Å²) < 4.78 is 0. The first-order chi connectivity index (χ1) is 9.45. The third-order valence-electron chi connectivity index (χ3n) is 4.36. The summed E-state index contributed by atoms with van der Waals surface area (Å²) >= 11 is 0. The number of carbonyl (C=O) groups is 1. The molecule has 0 saturated heterocycles. The van der Waals surface area contributed by atoms with Crippen LogP contribution in [0.1, 0.15) is 55.3 Å². The number of amides is 1. The van der Waals surface area contributed by atoms with Crippen LogP contribution >= 0.6 is 0 Å². The van der Waals surface area contributed by atoms with Crippen LogP contribution in [0, 0.1) is 19.8 Å². The number of nitrogens with two attached hydrogens (primary N) is 1. The molecule has 1 aromatic rings. The number of carbonyl (C=O) groups excluding carboxylic acids is 1. The van der Waals surface area contributed by atoms with Crippen LogP contribution in [0.3, 0.4) is 0 Å². The van der Waals surface area contributed by atoms with E-state index in [1.54, 1.807) is 0 Å².